The van der Waals surface area contributed by atoms with Crippen molar-refractivity contribution in [2.45, 2.75) is 19.0 Å². The number of hydrogen-bond donors (Lipinski definition) is 2. The van der Waals surface area contributed by atoms with Crippen LogP contribution in [0.5, 0.6) is 0 Å². The summed E-state index contributed by atoms with van der Waals surface area (Å²) >= 11 is 0. The molecule has 1 atom stereocenters. The second kappa shape index (κ2) is 9.19. The third-order valence-electron chi connectivity index (χ3n) is 4.78. The molecule has 142 valence electrons. The third kappa shape index (κ3) is 5.31. The molecule has 3 N–H and O–H groups in total. The maximum Gasteiger partial charge on any atom is 0.317 e. The number of nitrogens with two attached hydrogens (primary N) is 1. The van der Waals surface area contributed by atoms with Crippen LogP contribution in [0.2, 0.25) is 0 Å². The molecule has 0 bridgehead atoms. The Morgan fingerprint density at radius 3 is 1.96 bits per heavy atom. The minimum atomic E-state index is -0.550. The van der Waals surface area contributed by atoms with Crippen molar-refractivity contribution in [1.29, 1.82) is 0 Å². The van der Waals surface area contributed by atoms with E-state index in [-0.39, 0.29) is 11.9 Å². The monoisotopic (exact) mass is 366 g/mol. The lowest BCUT2D eigenvalue weighted by molar-refractivity contribution is -0.134. The van der Waals surface area contributed by atoms with Gasteiger partial charge >= 0.3 is 6.03 Å². The van der Waals surface area contributed by atoms with E-state index >= 15 is 0 Å². The van der Waals surface area contributed by atoms with Gasteiger partial charge in [0.25, 0.3) is 0 Å². The van der Waals surface area contributed by atoms with Gasteiger partial charge < -0.3 is 20.9 Å². The molecule has 3 amide bonds. The summed E-state index contributed by atoms with van der Waals surface area (Å²) in [7, 11) is 0. The van der Waals surface area contributed by atoms with Crippen LogP contribution in [-0.2, 0) is 17.8 Å². The van der Waals surface area contributed by atoms with Gasteiger partial charge in [0.2, 0.25) is 5.91 Å². The van der Waals surface area contributed by atoms with Gasteiger partial charge in [-0.2, -0.15) is 0 Å². The molecule has 0 saturated carbocycles. The molecule has 0 radical (unpaired) electrons. The van der Waals surface area contributed by atoms with Crippen molar-refractivity contribution in [3.8, 4) is 0 Å². The van der Waals surface area contributed by atoms with Gasteiger partial charge in [0, 0.05) is 32.7 Å². The fourth-order valence-electron chi connectivity index (χ4n) is 3.21. The van der Waals surface area contributed by atoms with E-state index in [4.69, 9.17) is 5.73 Å². The molecule has 1 heterocycles. The van der Waals surface area contributed by atoms with Crippen LogP contribution >= 0.6 is 0 Å². The number of nitrogens with one attached hydrogen (secondary N) is 1. The molecule has 1 aliphatic rings. The molecule has 0 aromatic heterocycles. The largest absolute Gasteiger partial charge is 0.338 e. The first-order valence-corrected chi connectivity index (χ1v) is 9.28. The summed E-state index contributed by atoms with van der Waals surface area (Å²) in [4.78, 5) is 28.4. The standard InChI is InChI=1S/C21H26N4O2/c22-19(15-17-7-3-1-4-8-17)20(26)24-11-13-25(14-12-24)21(27)23-16-18-9-5-2-6-10-18/h1-10,19H,11-16,22H2,(H,23,27)/t19-/m0/s1. The minimum Gasteiger partial charge on any atom is -0.338 e. The van der Waals surface area contributed by atoms with Crippen LogP contribution in [0.15, 0.2) is 60.7 Å². The predicted octanol–water partition coefficient (Wildman–Crippen LogP) is 1.61. The fraction of sp³-hybridized carbons (Fsp3) is 0.333. The van der Waals surface area contributed by atoms with Crippen molar-refractivity contribution in [3.05, 3.63) is 71.8 Å². The Morgan fingerprint density at radius 1 is 0.852 bits per heavy atom. The summed E-state index contributed by atoms with van der Waals surface area (Å²) in [5, 5.41) is 2.93. The minimum absolute atomic E-state index is 0.0526. The van der Waals surface area contributed by atoms with Crippen LogP contribution in [0.4, 0.5) is 4.79 Å². The van der Waals surface area contributed by atoms with Gasteiger partial charge in [-0.3, -0.25) is 4.79 Å². The van der Waals surface area contributed by atoms with E-state index in [1.165, 1.54) is 0 Å². The molecule has 3 rings (SSSR count). The molecule has 6 heteroatoms. The first kappa shape index (κ1) is 18.9. The number of amides is 3. The molecular formula is C21H26N4O2. The SMILES string of the molecule is N[C@@H](Cc1ccccc1)C(=O)N1CCN(C(=O)NCc2ccccc2)CC1. The van der Waals surface area contributed by atoms with Gasteiger partial charge in [-0.25, -0.2) is 4.79 Å². The summed E-state index contributed by atoms with van der Waals surface area (Å²) in [5.41, 5.74) is 8.22. The van der Waals surface area contributed by atoms with Crippen LogP contribution in [0, 0.1) is 0 Å². The van der Waals surface area contributed by atoms with Gasteiger partial charge in [0.15, 0.2) is 0 Å². The normalized spacial score (nSPS) is 15.3. The summed E-state index contributed by atoms with van der Waals surface area (Å²) in [6.45, 7) is 2.57. The Balaban J connectivity index is 1.43. The Kier molecular flexibility index (Phi) is 6.44. The van der Waals surface area contributed by atoms with Crippen molar-refractivity contribution < 1.29 is 9.59 Å². The zero-order chi connectivity index (χ0) is 19.1. The first-order chi connectivity index (χ1) is 13.1. The highest BCUT2D eigenvalue weighted by molar-refractivity contribution is 5.82. The highest BCUT2D eigenvalue weighted by atomic mass is 16.2. The Morgan fingerprint density at radius 2 is 1.37 bits per heavy atom. The number of piperazine rings is 1. The van der Waals surface area contributed by atoms with Gasteiger partial charge in [-0.05, 0) is 17.5 Å². The lowest BCUT2D eigenvalue weighted by atomic mass is 10.1. The lowest BCUT2D eigenvalue weighted by Crippen LogP contribution is -2.56. The van der Waals surface area contributed by atoms with Crippen LogP contribution in [0.1, 0.15) is 11.1 Å². The lowest BCUT2D eigenvalue weighted by Gasteiger charge is -2.35. The van der Waals surface area contributed by atoms with Gasteiger partial charge in [0.1, 0.15) is 0 Å². The number of nitrogens with zero attached hydrogens (tertiary/aromatic N) is 2. The summed E-state index contributed by atoms with van der Waals surface area (Å²) in [6, 6.07) is 18.9. The number of urea groups is 1. The zero-order valence-corrected chi connectivity index (χ0v) is 15.4. The molecule has 2 aromatic carbocycles. The molecule has 27 heavy (non-hydrogen) atoms. The second-order valence-corrected chi connectivity index (χ2v) is 6.75. The maximum absolute atomic E-state index is 12.6. The number of carbonyl (C=O) groups excluding carboxylic acids is 2. The van der Waals surface area contributed by atoms with E-state index < -0.39 is 6.04 Å². The van der Waals surface area contributed by atoms with Gasteiger partial charge in [-0.15, -0.1) is 0 Å². The van der Waals surface area contributed by atoms with E-state index in [0.29, 0.717) is 39.1 Å². The van der Waals surface area contributed by atoms with E-state index in [9.17, 15) is 9.59 Å². The Bertz CT molecular complexity index is 743. The molecule has 0 unspecified atom stereocenters. The highest BCUT2D eigenvalue weighted by Crippen LogP contribution is 2.08. The summed E-state index contributed by atoms with van der Waals surface area (Å²) in [6.07, 6.45) is 0.525. The quantitative estimate of drug-likeness (QED) is 0.844. The number of benzene rings is 2. The predicted molar refractivity (Wildman–Crippen MR) is 105 cm³/mol. The van der Waals surface area contributed by atoms with E-state index in [1.807, 2.05) is 60.7 Å². The van der Waals surface area contributed by atoms with Crippen molar-refractivity contribution >= 4 is 11.9 Å². The van der Waals surface area contributed by atoms with E-state index in [0.717, 1.165) is 11.1 Å². The average molecular weight is 366 g/mol. The third-order valence-corrected chi connectivity index (χ3v) is 4.78. The summed E-state index contributed by atoms with van der Waals surface area (Å²) in [5.74, 6) is -0.0526. The van der Waals surface area contributed by atoms with Gasteiger partial charge in [0.05, 0.1) is 6.04 Å². The zero-order valence-electron chi connectivity index (χ0n) is 15.4. The van der Waals surface area contributed by atoms with E-state index in [2.05, 4.69) is 5.32 Å². The topological polar surface area (TPSA) is 78.7 Å². The fourth-order valence-corrected chi connectivity index (χ4v) is 3.21. The van der Waals surface area contributed by atoms with Crippen molar-refractivity contribution in [2.75, 3.05) is 26.2 Å². The van der Waals surface area contributed by atoms with Crippen molar-refractivity contribution in [3.63, 3.8) is 0 Å². The van der Waals surface area contributed by atoms with Crippen molar-refractivity contribution in [1.82, 2.24) is 15.1 Å². The molecule has 6 nitrogen and oxygen atoms in total. The van der Waals surface area contributed by atoms with Crippen LogP contribution in [-0.4, -0.2) is 54.0 Å². The Labute approximate surface area is 159 Å². The Hall–Kier alpha value is -2.86. The second-order valence-electron chi connectivity index (χ2n) is 6.75. The van der Waals surface area contributed by atoms with E-state index in [1.54, 1.807) is 9.80 Å². The summed E-state index contributed by atoms with van der Waals surface area (Å²) < 4.78 is 0. The molecular weight excluding hydrogens is 340 g/mol. The molecule has 1 fully saturated rings. The molecule has 1 saturated heterocycles. The average Bonchev–Trinajstić information content (AvgIpc) is 2.73. The molecule has 0 aliphatic carbocycles. The van der Waals surface area contributed by atoms with Gasteiger partial charge in [-0.1, -0.05) is 60.7 Å². The maximum atomic E-state index is 12.6. The van der Waals surface area contributed by atoms with Crippen LogP contribution < -0.4 is 11.1 Å². The molecule has 2 aromatic rings. The smallest absolute Gasteiger partial charge is 0.317 e. The number of hydrogen-bond acceptors (Lipinski definition) is 3. The van der Waals surface area contributed by atoms with Crippen LogP contribution in [0.25, 0.3) is 0 Å². The number of carbonyl (C=O) groups is 2. The highest BCUT2D eigenvalue weighted by Gasteiger charge is 2.27. The first-order valence-electron chi connectivity index (χ1n) is 9.28. The number of rotatable bonds is 5. The van der Waals surface area contributed by atoms with Crippen LogP contribution in [0.3, 0.4) is 0 Å². The van der Waals surface area contributed by atoms with Crippen molar-refractivity contribution in [2.24, 2.45) is 5.73 Å². The molecule has 1 aliphatic heterocycles. The molecule has 0 spiro atoms.